The van der Waals surface area contributed by atoms with E-state index >= 15 is 0 Å². The van der Waals surface area contributed by atoms with Gasteiger partial charge in [-0.2, -0.15) is 0 Å². The molecule has 1 fully saturated rings. The van der Waals surface area contributed by atoms with Crippen molar-refractivity contribution in [1.82, 2.24) is 10.2 Å². The van der Waals surface area contributed by atoms with Gasteiger partial charge in [-0.1, -0.05) is 11.6 Å². The van der Waals surface area contributed by atoms with Gasteiger partial charge in [0.25, 0.3) is 0 Å². The van der Waals surface area contributed by atoms with E-state index in [0.717, 1.165) is 42.6 Å². The van der Waals surface area contributed by atoms with E-state index in [2.05, 4.69) is 10.2 Å². The maximum Gasteiger partial charge on any atom is 0.123 e. The second kappa shape index (κ2) is 9.26. The molecule has 4 nitrogen and oxygen atoms in total. The highest BCUT2D eigenvalue weighted by Crippen LogP contribution is 2.23. The van der Waals surface area contributed by atoms with Crippen molar-refractivity contribution in [2.75, 3.05) is 46.5 Å². The van der Waals surface area contributed by atoms with Gasteiger partial charge < -0.3 is 14.8 Å². The maximum absolute atomic E-state index is 6.08. The number of benzene rings is 1. The SMILES string of the molecule is COCCNCc1cc(Cl)ccc1OCCN1CCCC1. The lowest BCUT2D eigenvalue weighted by Gasteiger charge is -2.17. The van der Waals surface area contributed by atoms with Crippen molar-refractivity contribution in [3.63, 3.8) is 0 Å². The summed E-state index contributed by atoms with van der Waals surface area (Å²) >= 11 is 6.08. The van der Waals surface area contributed by atoms with E-state index in [1.165, 1.54) is 25.9 Å². The molecule has 0 radical (unpaired) electrons. The van der Waals surface area contributed by atoms with Crippen molar-refractivity contribution in [2.45, 2.75) is 19.4 Å². The molecule has 0 bridgehead atoms. The normalized spacial score (nSPS) is 15.5. The molecule has 1 heterocycles. The predicted molar refractivity (Wildman–Crippen MR) is 86.2 cm³/mol. The number of hydrogen-bond donors (Lipinski definition) is 1. The van der Waals surface area contributed by atoms with E-state index in [9.17, 15) is 0 Å². The molecule has 21 heavy (non-hydrogen) atoms. The second-order valence-electron chi connectivity index (χ2n) is 5.32. The lowest BCUT2D eigenvalue weighted by molar-refractivity contribution is 0.198. The van der Waals surface area contributed by atoms with Gasteiger partial charge in [0.05, 0.1) is 6.61 Å². The van der Waals surface area contributed by atoms with E-state index in [1.807, 2.05) is 18.2 Å². The van der Waals surface area contributed by atoms with E-state index in [0.29, 0.717) is 6.61 Å². The van der Waals surface area contributed by atoms with Crippen LogP contribution in [-0.4, -0.2) is 51.4 Å². The van der Waals surface area contributed by atoms with Crippen LogP contribution in [0, 0.1) is 0 Å². The standard InChI is InChI=1S/C16H25ClN2O2/c1-20-10-6-18-13-14-12-15(17)4-5-16(14)21-11-9-19-7-2-3-8-19/h4-5,12,18H,2-3,6-11,13H2,1H3. The quantitative estimate of drug-likeness (QED) is 0.711. The molecule has 1 N–H and O–H groups in total. The fourth-order valence-corrected chi connectivity index (χ4v) is 2.71. The van der Waals surface area contributed by atoms with Crippen molar-refractivity contribution < 1.29 is 9.47 Å². The summed E-state index contributed by atoms with van der Waals surface area (Å²) in [5.74, 6) is 0.920. The molecule has 2 rings (SSSR count). The topological polar surface area (TPSA) is 33.7 Å². The Balaban J connectivity index is 1.81. The summed E-state index contributed by atoms with van der Waals surface area (Å²) in [6, 6.07) is 5.80. The van der Waals surface area contributed by atoms with Crippen molar-refractivity contribution in [2.24, 2.45) is 0 Å². The summed E-state index contributed by atoms with van der Waals surface area (Å²) in [6.45, 7) is 6.39. The summed E-state index contributed by atoms with van der Waals surface area (Å²) in [7, 11) is 1.70. The highest BCUT2D eigenvalue weighted by Gasteiger charge is 2.11. The molecule has 1 saturated heterocycles. The number of nitrogens with zero attached hydrogens (tertiary/aromatic N) is 1. The maximum atomic E-state index is 6.08. The Kier molecular flexibility index (Phi) is 7.30. The Labute approximate surface area is 132 Å². The Morgan fingerprint density at radius 2 is 2.05 bits per heavy atom. The van der Waals surface area contributed by atoms with Gasteiger partial charge in [-0.3, -0.25) is 4.90 Å². The zero-order valence-electron chi connectivity index (χ0n) is 12.7. The first-order chi connectivity index (χ1) is 10.3. The zero-order chi connectivity index (χ0) is 14.9. The Hall–Kier alpha value is -0.810. The lowest BCUT2D eigenvalue weighted by atomic mass is 10.2. The van der Waals surface area contributed by atoms with E-state index in [-0.39, 0.29) is 0 Å². The van der Waals surface area contributed by atoms with Crippen LogP contribution >= 0.6 is 11.6 Å². The minimum absolute atomic E-state index is 0.700. The molecule has 1 aromatic rings. The first kappa shape index (κ1) is 16.6. The van der Waals surface area contributed by atoms with Gasteiger partial charge in [0.15, 0.2) is 0 Å². The summed E-state index contributed by atoms with van der Waals surface area (Å²) in [6.07, 6.45) is 2.63. The molecule has 0 spiro atoms. The summed E-state index contributed by atoms with van der Waals surface area (Å²) < 4.78 is 11.0. The lowest BCUT2D eigenvalue weighted by Crippen LogP contribution is -2.25. The van der Waals surface area contributed by atoms with Crippen LogP contribution < -0.4 is 10.1 Å². The van der Waals surface area contributed by atoms with Crippen LogP contribution in [0.1, 0.15) is 18.4 Å². The molecule has 0 atom stereocenters. The molecule has 0 amide bonds. The predicted octanol–water partition coefficient (Wildman–Crippen LogP) is 2.55. The molecule has 0 unspecified atom stereocenters. The fraction of sp³-hybridized carbons (Fsp3) is 0.625. The largest absolute Gasteiger partial charge is 0.492 e. The molecule has 1 aromatic carbocycles. The number of halogens is 1. The minimum atomic E-state index is 0.700. The van der Waals surface area contributed by atoms with E-state index in [4.69, 9.17) is 21.1 Å². The molecule has 5 heteroatoms. The fourth-order valence-electron chi connectivity index (χ4n) is 2.52. The summed E-state index contributed by atoms with van der Waals surface area (Å²) in [5, 5.41) is 4.07. The van der Waals surface area contributed by atoms with Gasteiger partial charge in [-0.05, 0) is 44.1 Å². The molecule has 0 saturated carbocycles. The van der Waals surface area contributed by atoms with Crippen LogP contribution in [0.5, 0.6) is 5.75 Å². The number of rotatable bonds is 9. The average molecular weight is 313 g/mol. The molecular formula is C16H25ClN2O2. The molecular weight excluding hydrogens is 288 g/mol. The molecule has 0 aliphatic carbocycles. The van der Waals surface area contributed by atoms with Crippen molar-refractivity contribution >= 4 is 11.6 Å². The Morgan fingerprint density at radius 3 is 2.81 bits per heavy atom. The van der Waals surface area contributed by atoms with Gasteiger partial charge in [-0.25, -0.2) is 0 Å². The third-order valence-electron chi connectivity index (χ3n) is 3.68. The molecule has 1 aliphatic rings. The minimum Gasteiger partial charge on any atom is -0.492 e. The molecule has 0 aromatic heterocycles. The van der Waals surface area contributed by atoms with Crippen LogP contribution in [-0.2, 0) is 11.3 Å². The van der Waals surface area contributed by atoms with Crippen LogP contribution in [0.4, 0.5) is 0 Å². The summed E-state index contributed by atoms with van der Waals surface area (Å²) in [4.78, 5) is 2.45. The van der Waals surface area contributed by atoms with Crippen LogP contribution in [0.15, 0.2) is 18.2 Å². The first-order valence-electron chi connectivity index (χ1n) is 7.63. The van der Waals surface area contributed by atoms with Gasteiger partial charge in [0.1, 0.15) is 12.4 Å². The number of likely N-dealkylation sites (tertiary alicyclic amines) is 1. The highest BCUT2D eigenvalue weighted by molar-refractivity contribution is 6.30. The van der Waals surface area contributed by atoms with Crippen LogP contribution in [0.25, 0.3) is 0 Å². The van der Waals surface area contributed by atoms with Crippen LogP contribution in [0.3, 0.4) is 0 Å². The first-order valence-corrected chi connectivity index (χ1v) is 8.00. The zero-order valence-corrected chi connectivity index (χ0v) is 13.5. The number of nitrogens with one attached hydrogen (secondary N) is 1. The third-order valence-corrected chi connectivity index (χ3v) is 3.92. The average Bonchev–Trinajstić information content (AvgIpc) is 2.99. The van der Waals surface area contributed by atoms with Gasteiger partial charge in [0.2, 0.25) is 0 Å². The smallest absolute Gasteiger partial charge is 0.123 e. The van der Waals surface area contributed by atoms with Crippen molar-refractivity contribution in [3.05, 3.63) is 28.8 Å². The Bertz CT molecular complexity index is 423. The van der Waals surface area contributed by atoms with Gasteiger partial charge in [-0.15, -0.1) is 0 Å². The molecule has 1 aliphatic heterocycles. The van der Waals surface area contributed by atoms with Crippen molar-refractivity contribution in [3.8, 4) is 5.75 Å². The molecule has 118 valence electrons. The van der Waals surface area contributed by atoms with E-state index < -0.39 is 0 Å². The van der Waals surface area contributed by atoms with Gasteiger partial charge in [0, 0.05) is 37.3 Å². The summed E-state index contributed by atoms with van der Waals surface area (Å²) in [5.41, 5.74) is 1.10. The van der Waals surface area contributed by atoms with Crippen LogP contribution in [0.2, 0.25) is 5.02 Å². The Morgan fingerprint density at radius 1 is 1.24 bits per heavy atom. The van der Waals surface area contributed by atoms with Crippen molar-refractivity contribution in [1.29, 1.82) is 0 Å². The van der Waals surface area contributed by atoms with E-state index in [1.54, 1.807) is 7.11 Å². The number of hydrogen-bond acceptors (Lipinski definition) is 4. The number of ether oxygens (including phenoxy) is 2. The van der Waals surface area contributed by atoms with Gasteiger partial charge >= 0.3 is 0 Å². The monoisotopic (exact) mass is 312 g/mol. The second-order valence-corrected chi connectivity index (χ2v) is 5.76. The highest BCUT2D eigenvalue weighted by atomic mass is 35.5. The third kappa shape index (κ3) is 5.83. The number of methoxy groups -OCH3 is 1.